The fourth-order valence-electron chi connectivity index (χ4n) is 5.51. The van der Waals surface area contributed by atoms with Crippen LogP contribution >= 0.6 is 34.2 Å². The van der Waals surface area contributed by atoms with E-state index in [1.807, 2.05) is 48.5 Å². The Balaban J connectivity index is 1.57. The normalized spacial score (nSPS) is 24.4. The molecule has 1 aromatic heterocycles. The summed E-state index contributed by atoms with van der Waals surface area (Å²) in [5.74, 6) is -0.911. The summed E-state index contributed by atoms with van der Waals surface area (Å²) < 4.78 is 0.996. The Morgan fingerprint density at radius 1 is 1.00 bits per heavy atom. The third kappa shape index (κ3) is 4.01. The summed E-state index contributed by atoms with van der Waals surface area (Å²) in [6.45, 7) is 0. The summed E-state index contributed by atoms with van der Waals surface area (Å²) in [4.78, 5) is 30.5. The molecule has 3 aliphatic rings. The molecule has 33 heavy (non-hydrogen) atoms. The van der Waals surface area contributed by atoms with Gasteiger partial charge in [0.25, 0.3) is 5.91 Å². The molecule has 0 atom stereocenters. The van der Waals surface area contributed by atoms with Crippen LogP contribution in [0, 0.1) is 8.99 Å². The maximum Gasteiger partial charge on any atom is 0.309 e. The van der Waals surface area contributed by atoms with Gasteiger partial charge in [-0.25, -0.2) is 4.98 Å². The first kappa shape index (κ1) is 22.6. The summed E-state index contributed by atoms with van der Waals surface area (Å²) in [7, 11) is 0. The molecule has 0 unspecified atom stereocenters. The lowest BCUT2D eigenvalue weighted by Gasteiger charge is -2.41. The maximum atomic E-state index is 13.8. The van der Waals surface area contributed by atoms with Crippen LogP contribution in [0.1, 0.15) is 55.3 Å². The number of hydrogen-bond donors (Lipinski definition) is 2. The van der Waals surface area contributed by atoms with Crippen molar-refractivity contribution >= 4 is 57.0 Å². The minimum Gasteiger partial charge on any atom is -0.481 e. The minimum atomic E-state index is -0.699. The van der Waals surface area contributed by atoms with Crippen LogP contribution in [0.25, 0.3) is 22.2 Å². The molecule has 3 saturated carbocycles. The third-order valence-corrected chi connectivity index (χ3v) is 8.51. The monoisotopic (exact) mass is 574 g/mol. The second-order valence-electron chi connectivity index (χ2n) is 9.35. The number of aliphatic carboxylic acids is 1. The molecule has 170 valence electrons. The van der Waals surface area contributed by atoms with Crippen LogP contribution in [-0.4, -0.2) is 27.5 Å². The second kappa shape index (κ2) is 8.55. The first-order valence-electron chi connectivity index (χ1n) is 11.2. The van der Waals surface area contributed by atoms with Gasteiger partial charge in [0.05, 0.1) is 27.2 Å². The number of rotatable bonds is 4. The van der Waals surface area contributed by atoms with E-state index in [0.29, 0.717) is 48.4 Å². The molecule has 5 nitrogen and oxygen atoms in total. The Hall–Kier alpha value is -2.19. The molecular weight excluding hydrogens is 551 g/mol. The number of carboxylic acids is 1. The highest BCUT2D eigenvalue weighted by Gasteiger charge is 2.50. The number of carboxylic acid groups (broad SMARTS) is 1. The fourth-order valence-corrected chi connectivity index (χ4v) is 6.34. The Morgan fingerprint density at radius 3 is 2.42 bits per heavy atom. The van der Waals surface area contributed by atoms with E-state index in [0.717, 1.165) is 32.9 Å². The largest absolute Gasteiger partial charge is 0.481 e. The molecule has 0 spiro atoms. The minimum absolute atomic E-state index is 0.212. The smallest absolute Gasteiger partial charge is 0.309 e. The zero-order valence-corrected chi connectivity index (χ0v) is 20.9. The van der Waals surface area contributed by atoms with Crippen LogP contribution in [0.2, 0.25) is 5.02 Å². The average Bonchev–Trinajstić information content (AvgIpc) is 3.10. The Morgan fingerprint density at radius 2 is 1.73 bits per heavy atom. The predicted molar refractivity (Wildman–Crippen MR) is 137 cm³/mol. The highest BCUT2D eigenvalue weighted by Crippen LogP contribution is 2.50. The highest BCUT2D eigenvalue weighted by molar-refractivity contribution is 14.1. The van der Waals surface area contributed by atoms with E-state index in [-0.39, 0.29) is 11.4 Å². The number of pyridine rings is 1. The first-order valence-corrected chi connectivity index (χ1v) is 12.7. The second-order valence-corrected chi connectivity index (χ2v) is 11.0. The number of aromatic nitrogens is 1. The van der Waals surface area contributed by atoms with Crippen LogP contribution in [0.4, 0.5) is 0 Å². The van der Waals surface area contributed by atoms with E-state index in [1.54, 1.807) is 0 Å². The summed E-state index contributed by atoms with van der Waals surface area (Å²) >= 11 is 9.10. The van der Waals surface area contributed by atoms with Crippen LogP contribution in [-0.2, 0) is 4.79 Å². The maximum absolute atomic E-state index is 13.8. The van der Waals surface area contributed by atoms with Gasteiger partial charge in [-0.2, -0.15) is 0 Å². The van der Waals surface area contributed by atoms with E-state index in [9.17, 15) is 14.7 Å². The van der Waals surface area contributed by atoms with Crippen molar-refractivity contribution in [2.45, 2.75) is 50.5 Å². The van der Waals surface area contributed by atoms with Crippen LogP contribution in [0.15, 0.2) is 48.5 Å². The summed E-state index contributed by atoms with van der Waals surface area (Å²) in [6, 6.07) is 15.5. The number of halogens is 2. The zero-order chi connectivity index (χ0) is 23.2. The van der Waals surface area contributed by atoms with Crippen molar-refractivity contribution in [3.8, 4) is 11.3 Å². The van der Waals surface area contributed by atoms with Gasteiger partial charge in [0.1, 0.15) is 0 Å². The Labute approximate surface area is 211 Å². The van der Waals surface area contributed by atoms with Gasteiger partial charge in [-0.1, -0.05) is 41.9 Å². The van der Waals surface area contributed by atoms with Gasteiger partial charge in [-0.3, -0.25) is 9.59 Å². The molecule has 2 aromatic carbocycles. The van der Waals surface area contributed by atoms with E-state index in [4.69, 9.17) is 16.6 Å². The van der Waals surface area contributed by atoms with Crippen molar-refractivity contribution in [1.82, 2.24) is 10.3 Å². The lowest BCUT2D eigenvalue weighted by molar-refractivity contribution is -0.151. The number of hydrogen-bond acceptors (Lipinski definition) is 3. The number of nitrogens with zero attached hydrogens (tertiary/aromatic N) is 1. The molecular formula is C26H24ClIN2O3. The molecule has 1 amide bonds. The van der Waals surface area contributed by atoms with Crippen molar-refractivity contribution in [2.24, 2.45) is 5.41 Å². The first-order chi connectivity index (χ1) is 15.8. The summed E-state index contributed by atoms with van der Waals surface area (Å²) in [5.41, 5.74) is 1.57. The van der Waals surface area contributed by atoms with Gasteiger partial charge in [0, 0.05) is 20.1 Å². The molecule has 2 bridgehead atoms. The summed E-state index contributed by atoms with van der Waals surface area (Å²) in [6.07, 6.45) is 4.81. The van der Waals surface area contributed by atoms with Crippen LogP contribution in [0.5, 0.6) is 0 Å². The van der Waals surface area contributed by atoms with Crippen LogP contribution < -0.4 is 5.32 Å². The number of nitrogens with one attached hydrogen (secondary N) is 1. The molecule has 0 radical (unpaired) electrons. The van der Waals surface area contributed by atoms with Crippen molar-refractivity contribution in [2.75, 3.05) is 0 Å². The molecule has 7 heteroatoms. The molecule has 3 aliphatic carbocycles. The van der Waals surface area contributed by atoms with Crippen molar-refractivity contribution < 1.29 is 14.7 Å². The average molecular weight is 575 g/mol. The third-order valence-electron chi connectivity index (χ3n) is 7.47. The number of benzene rings is 2. The van der Waals surface area contributed by atoms with E-state index in [1.165, 1.54) is 0 Å². The highest BCUT2D eigenvalue weighted by atomic mass is 127. The van der Waals surface area contributed by atoms with Gasteiger partial charge in [-0.15, -0.1) is 0 Å². The van der Waals surface area contributed by atoms with Gasteiger partial charge in [0.15, 0.2) is 0 Å². The Kier molecular flexibility index (Phi) is 5.85. The van der Waals surface area contributed by atoms with Gasteiger partial charge >= 0.3 is 5.97 Å². The topological polar surface area (TPSA) is 79.3 Å². The lowest BCUT2D eigenvalue weighted by Crippen LogP contribution is -2.51. The lowest BCUT2D eigenvalue weighted by atomic mass is 9.69. The zero-order valence-electron chi connectivity index (χ0n) is 18.0. The number of carbonyl (C=O) groups excluding carboxylic acids is 1. The molecule has 3 fully saturated rings. The van der Waals surface area contributed by atoms with Crippen molar-refractivity contribution in [3.05, 3.63) is 62.7 Å². The molecule has 6 rings (SSSR count). The fraction of sp³-hybridized carbons (Fsp3) is 0.346. The SMILES string of the molecule is O=C(NC12CCCC(C(=O)O)(CC1)CC2)c1c(Cl)c(-c2ccccc2)nc2ccc(I)cc12. The van der Waals surface area contributed by atoms with Crippen molar-refractivity contribution in [3.63, 3.8) is 0 Å². The molecule has 2 N–H and O–H groups in total. The Bertz CT molecular complexity index is 1250. The molecule has 3 aromatic rings. The number of amides is 1. The quantitative estimate of drug-likeness (QED) is 0.351. The van der Waals surface area contributed by atoms with Gasteiger partial charge in [-0.05, 0) is 85.7 Å². The summed E-state index contributed by atoms with van der Waals surface area (Å²) in [5, 5.41) is 14.2. The molecule has 0 aliphatic heterocycles. The van der Waals surface area contributed by atoms with Gasteiger partial charge in [0.2, 0.25) is 0 Å². The van der Waals surface area contributed by atoms with E-state index >= 15 is 0 Å². The number of fused-ring (bicyclic) bond motifs is 5. The van der Waals surface area contributed by atoms with Crippen LogP contribution in [0.3, 0.4) is 0 Å². The molecule has 1 heterocycles. The van der Waals surface area contributed by atoms with E-state index in [2.05, 4.69) is 27.9 Å². The standard InChI is InChI=1S/C26H24ClIN2O3/c27-21-20(23(31)30-26-10-4-9-25(11-13-26,12-14-26)24(32)33)18-15-17(28)7-8-19(18)29-22(21)16-5-2-1-3-6-16/h1-3,5-8,15H,4,9-14H2,(H,30,31)(H,32,33). The van der Waals surface area contributed by atoms with E-state index < -0.39 is 11.4 Å². The van der Waals surface area contributed by atoms with Gasteiger partial charge < -0.3 is 10.4 Å². The van der Waals surface area contributed by atoms with Crippen molar-refractivity contribution in [1.29, 1.82) is 0 Å². The number of carbonyl (C=O) groups is 2. The predicted octanol–water partition coefficient (Wildman–Crippen LogP) is 6.46. The molecule has 0 saturated heterocycles.